The minimum Gasteiger partial charge on any atom is -0.369 e. The second kappa shape index (κ2) is 3.41. The zero-order valence-corrected chi connectivity index (χ0v) is 8.05. The first-order valence-corrected chi connectivity index (χ1v) is 4.05. The molecular formula is C7H11ClN2O2. The second-order valence-electron chi connectivity index (χ2n) is 2.66. The molecule has 1 unspecified atom stereocenters. The number of ether oxygens (including phenoxy) is 1. The van der Waals surface area contributed by atoms with Gasteiger partial charge in [0, 0.05) is 7.11 Å². The van der Waals surface area contributed by atoms with Crippen LogP contribution in [0.25, 0.3) is 0 Å². The number of methoxy groups -OCH3 is 1. The quantitative estimate of drug-likeness (QED) is 0.732. The third-order valence-electron chi connectivity index (χ3n) is 1.98. The zero-order chi connectivity index (χ0) is 9.19. The lowest BCUT2D eigenvalue weighted by Gasteiger charge is -2.21. The van der Waals surface area contributed by atoms with Crippen molar-refractivity contribution in [2.45, 2.75) is 25.9 Å². The van der Waals surface area contributed by atoms with Crippen LogP contribution in [0.2, 0.25) is 5.28 Å². The molecule has 0 N–H and O–H groups in total. The van der Waals surface area contributed by atoms with Crippen molar-refractivity contribution in [3.8, 4) is 0 Å². The Balaban J connectivity index is 2.94. The molecule has 5 heteroatoms. The number of halogens is 1. The normalized spacial score (nSPS) is 16.0. The van der Waals surface area contributed by atoms with Gasteiger partial charge in [0.1, 0.15) is 5.60 Å². The molecule has 1 atom stereocenters. The van der Waals surface area contributed by atoms with Crippen molar-refractivity contribution in [2.75, 3.05) is 7.11 Å². The third-order valence-corrected chi connectivity index (χ3v) is 2.13. The number of hydrogen-bond donors (Lipinski definition) is 0. The van der Waals surface area contributed by atoms with E-state index < -0.39 is 5.60 Å². The Morgan fingerprint density at radius 1 is 1.67 bits per heavy atom. The van der Waals surface area contributed by atoms with Gasteiger partial charge in [-0.2, -0.15) is 4.98 Å². The first-order chi connectivity index (χ1) is 5.62. The van der Waals surface area contributed by atoms with Crippen LogP contribution in [0, 0.1) is 0 Å². The summed E-state index contributed by atoms with van der Waals surface area (Å²) >= 11 is 5.51. The van der Waals surface area contributed by atoms with Crippen molar-refractivity contribution >= 4 is 11.6 Å². The van der Waals surface area contributed by atoms with Gasteiger partial charge in [-0.1, -0.05) is 6.92 Å². The fourth-order valence-corrected chi connectivity index (χ4v) is 0.914. The van der Waals surface area contributed by atoms with Crippen LogP contribution in [0.1, 0.15) is 26.2 Å². The third kappa shape index (κ3) is 1.59. The Morgan fingerprint density at radius 3 is 2.67 bits per heavy atom. The summed E-state index contributed by atoms with van der Waals surface area (Å²) in [5.41, 5.74) is -0.528. The van der Waals surface area contributed by atoms with Crippen LogP contribution in [0.15, 0.2) is 4.52 Å². The molecule has 0 aliphatic carbocycles. The minimum atomic E-state index is -0.528. The highest BCUT2D eigenvalue weighted by Crippen LogP contribution is 2.26. The highest BCUT2D eigenvalue weighted by molar-refractivity contribution is 6.28. The summed E-state index contributed by atoms with van der Waals surface area (Å²) in [6.07, 6.45) is 0.752. The molecule has 0 saturated heterocycles. The molecule has 12 heavy (non-hydrogen) atoms. The van der Waals surface area contributed by atoms with Gasteiger partial charge < -0.3 is 9.26 Å². The summed E-state index contributed by atoms with van der Waals surface area (Å²) in [5.74, 6) is 0.414. The van der Waals surface area contributed by atoms with E-state index in [0.29, 0.717) is 5.89 Å². The maximum absolute atomic E-state index is 5.51. The molecule has 0 amide bonds. The number of hydrogen-bond acceptors (Lipinski definition) is 4. The van der Waals surface area contributed by atoms with Crippen LogP contribution in [-0.4, -0.2) is 17.3 Å². The molecule has 1 rings (SSSR count). The van der Waals surface area contributed by atoms with Crippen molar-refractivity contribution in [3.05, 3.63) is 11.2 Å². The van der Waals surface area contributed by atoms with Gasteiger partial charge in [0.2, 0.25) is 0 Å². The summed E-state index contributed by atoms with van der Waals surface area (Å²) in [5, 5.41) is 3.59. The lowest BCUT2D eigenvalue weighted by molar-refractivity contribution is -0.0272. The van der Waals surface area contributed by atoms with E-state index in [1.165, 1.54) is 0 Å². The largest absolute Gasteiger partial charge is 0.369 e. The van der Waals surface area contributed by atoms with E-state index >= 15 is 0 Å². The summed E-state index contributed by atoms with van der Waals surface area (Å²) < 4.78 is 10.1. The molecule has 1 aromatic heterocycles. The number of rotatable bonds is 3. The molecule has 1 aromatic rings. The van der Waals surface area contributed by atoms with Gasteiger partial charge in [-0.15, -0.1) is 0 Å². The van der Waals surface area contributed by atoms with Gasteiger partial charge in [0.25, 0.3) is 11.2 Å². The predicted molar refractivity (Wildman–Crippen MR) is 44.0 cm³/mol. The van der Waals surface area contributed by atoms with Crippen molar-refractivity contribution in [1.29, 1.82) is 0 Å². The summed E-state index contributed by atoms with van der Waals surface area (Å²) in [7, 11) is 1.60. The van der Waals surface area contributed by atoms with Gasteiger partial charge in [0.15, 0.2) is 0 Å². The van der Waals surface area contributed by atoms with Crippen LogP contribution in [-0.2, 0) is 10.3 Å². The lowest BCUT2D eigenvalue weighted by Crippen LogP contribution is -2.23. The van der Waals surface area contributed by atoms with Gasteiger partial charge >= 0.3 is 0 Å². The van der Waals surface area contributed by atoms with Crippen LogP contribution < -0.4 is 0 Å². The van der Waals surface area contributed by atoms with E-state index in [-0.39, 0.29) is 5.28 Å². The van der Waals surface area contributed by atoms with Crippen LogP contribution in [0.5, 0.6) is 0 Å². The molecule has 0 aliphatic heterocycles. The topological polar surface area (TPSA) is 48.2 Å². The Labute approximate surface area is 75.9 Å². The van der Waals surface area contributed by atoms with E-state index in [2.05, 4.69) is 10.1 Å². The second-order valence-corrected chi connectivity index (χ2v) is 3.00. The molecule has 0 saturated carbocycles. The number of nitrogens with zero attached hydrogens (tertiary/aromatic N) is 2. The SMILES string of the molecule is CCC(C)(OC)c1nc(Cl)no1. The molecule has 0 bridgehead atoms. The molecule has 0 fully saturated rings. The first-order valence-electron chi connectivity index (χ1n) is 3.67. The van der Waals surface area contributed by atoms with Crippen LogP contribution >= 0.6 is 11.6 Å². The predicted octanol–water partition coefficient (Wildman–Crippen LogP) is 1.99. The van der Waals surface area contributed by atoms with Crippen molar-refractivity contribution < 1.29 is 9.26 Å². The van der Waals surface area contributed by atoms with Crippen LogP contribution in [0.4, 0.5) is 0 Å². The van der Waals surface area contributed by atoms with Gasteiger partial charge in [0.05, 0.1) is 0 Å². The maximum atomic E-state index is 5.51. The Morgan fingerprint density at radius 2 is 2.33 bits per heavy atom. The molecule has 0 spiro atoms. The first kappa shape index (κ1) is 9.48. The van der Waals surface area contributed by atoms with Gasteiger partial charge in [-0.05, 0) is 30.1 Å². The standard InChI is InChI=1S/C7H11ClN2O2/c1-4-7(2,11-3)5-9-6(8)10-12-5/h4H2,1-3H3. The van der Waals surface area contributed by atoms with E-state index in [1.54, 1.807) is 7.11 Å². The van der Waals surface area contributed by atoms with Crippen molar-refractivity contribution in [1.82, 2.24) is 10.1 Å². The summed E-state index contributed by atoms with van der Waals surface area (Å²) in [6, 6.07) is 0. The molecule has 1 heterocycles. The van der Waals surface area contributed by atoms with Gasteiger partial charge in [-0.3, -0.25) is 0 Å². The lowest BCUT2D eigenvalue weighted by atomic mass is 10.0. The highest BCUT2D eigenvalue weighted by atomic mass is 35.5. The Hall–Kier alpha value is -0.610. The Kier molecular flexibility index (Phi) is 2.69. The molecule has 4 nitrogen and oxygen atoms in total. The highest BCUT2D eigenvalue weighted by Gasteiger charge is 2.30. The van der Waals surface area contributed by atoms with Gasteiger partial charge in [-0.25, -0.2) is 0 Å². The van der Waals surface area contributed by atoms with Crippen molar-refractivity contribution in [2.24, 2.45) is 0 Å². The molecule has 68 valence electrons. The number of aromatic nitrogens is 2. The van der Waals surface area contributed by atoms with Crippen LogP contribution in [0.3, 0.4) is 0 Å². The van der Waals surface area contributed by atoms with E-state index in [1.807, 2.05) is 13.8 Å². The minimum absolute atomic E-state index is 0.113. The molecule has 0 aromatic carbocycles. The molecule has 0 aliphatic rings. The average molecular weight is 191 g/mol. The summed E-state index contributed by atoms with van der Waals surface area (Å²) in [4.78, 5) is 3.89. The van der Waals surface area contributed by atoms with Crippen molar-refractivity contribution in [3.63, 3.8) is 0 Å². The van der Waals surface area contributed by atoms with E-state index in [9.17, 15) is 0 Å². The molecule has 0 radical (unpaired) electrons. The fourth-order valence-electron chi connectivity index (χ4n) is 0.803. The zero-order valence-electron chi connectivity index (χ0n) is 7.30. The monoisotopic (exact) mass is 190 g/mol. The molecular weight excluding hydrogens is 180 g/mol. The smallest absolute Gasteiger partial charge is 0.263 e. The van der Waals surface area contributed by atoms with E-state index in [4.69, 9.17) is 20.9 Å². The maximum Gasteiger partial charge on any atom is 0.263 e. The average Bonchev–Trinajstić information content (AvgIpc) is 2.51. The summed E-state index contributed by atoms with van der Waals surface area (Å²) in [6.45, 7) is 3.85. The fraction of sp³-hybridized carbons (Fsp3) is 0.714. The van der Waals surface area contributed by atoms with E-state index in [0.717, 1.165) is 6.42 Å². The Bertz CT molecular complexity index is 258.